The normalized spacial score (nSPS) is 14.6. The molecule has 10 rings (SSSR count). The highest BCUT2D eigenvalue weighted by atomic mass is 15.1. The topological polar surface area (TPSA) is 54.1 Å². The summed E-state index contributed by atoms with van der Waals surface area (Å²) in [7, 11) is 0. The number of hydrogen-bond acceptors (Lipinski definition) is 4. The predicted octanol–water partition coefficient (Wildman–Crippen LogP) is 15.7. The summed E-state index contributed by atoms with van der Waals surface area (Å²) in [6, 6.07) is 53.7. The number of aryl methyl sites for hydroxylation is 2. The van der Waals surface area contributed by atoms with Crippen LogP contribution in [0, 0.1) is 22.7 Å². The van der Waals surface area contributed by atoms with Gasteiger partial charge in [-0.05, 0) is 179 Å². The molecule has 2 aliphatic rings. The Hall–Kier alpha value is -6.62. The van der Waals surface area contributed by atoms with E-state index >= 15 is 0 Å². The first-order valence-corrected chi connectivity index (χ1v) is 22.1. The SMILES string of the molecule is CCc1ccc(N(c2ccc(C#N)cc2)c2cc(C3CCCC3)c3ccc4c(N(c5ccc(C#N)cc5)c5ccc(CC)cc5)cc(C5CCCC5)c5ccc2c3c54)cc1. The molecule has 0 aromatic heterocycles. The highest BCUT2D eigenvalue weighted by molar-refractivity contribution is 6.29. The number of nitrogens with zero attached hydrogens (tertiary/aromatic N) is 4. The number of rotatable bonds is 10. The molecule has 0 atom stereocenters. The molecular weight excluding hydrogens is 729 g/mol. The lowest BCUT2D eigenvalue weighted by Gasteiger charge is -2.32. The molecule has 0 radical (unpaired) electrons. The molecule has 0 amide bonds. The van der Waals surface area contributed by atoms with Gasteiger partial charge in [-0.3, -0.25) is 0 Å². The van der Waals surface area contributed by atoms with Crippen LogP contribution in [0.15, 0.2) is 133 Å². The Morgan fingerprint density at radius 2 is 0.750 bits per heavy atom. The highest BCUT2D eigenvalue weighted by Gasteiger charge is 2.29. The van der Waals surface area contributed by atoms with Crippen molar-refractivity contribution in [2.45, 2.75) is 89.9 Å². The molecule has 2 fully saturated rings. The zero-order valence-electron chi connectivity index (χ0n) is 34.7. The van der Waals surface area contributed by atoms with E-state index in [1.54, 1.807) is 0 Å². The van der Waals surface area contributed by atoms with Crippen LogP contribution in [0.25, 0.3) is 32.3 Å². The minimum absolute atomic E-state index is 0.486. The Labute approximate surface area is 354 Å². The minimum atomic E-state index is 0.486. The molecule has 0 saturated heterocycles. The number of nitriles is 2. The second-order valence-electron chi connectivity index (χ2n) is 17.0. The first-order chi connectivity index (χ1) is 29.6. The molecule has 0 heterocycles. The first kappa shape index (κ1) is 37.6. The summed E-state index contributed by atoms with van der Waals surface area (Å²) in [6.07, 6.45) is 11.8. The number of benzene rings is 8. The second kappa shape index (κ2) is 15.9. The Morgan fingerprint density at radius 1 is 0.433 bits per heavy atom. The quantitative estimate of drug-likeness (QED) is 0.130. The maximum atomic E-state index is 9.79. The fourth-order valence-electron chi connectivity index (χ4n) is 10.5. The van der Waals surface area contributed by atoms with Gasteiger partial charge in [-0.2, -0.15) is 10.5 Å². The van der Waals surface area contributed by atoms with Crippen molar-refractivity contribution in [1.29, 1.82) is 10.5 Å². The maximum Gasteiger partial charge on any atom is 0.0991 e. The average molecular weight is 779 g/mol. The summed E-state index contributed by atoms with van der Waals surface area (Å²) in [5.74, 6) is 0.971. The van der Waals surface area contributed by atoms with Crippen LogP contribution < -0.4 is 9.80 Å². The third-order valence-electron chi connectivity index (χ3n) is 13.7. The fourth-order valence-corrected chi connectivity index (χ4v) is 10.5. The highest BCUT2D eigenvalue weighted by Crippen LogP contribution is 2.53. The van der Waals surface area contributed by atoms with E-state index in [-0.39, 0.29) is 0 Å². The van der Waals surface area contributed by atoms with Gasteiger partial charge in [0.2, 0.25) is 0 Å². The molecule has 0 spiro atoms. The molecule has 2 saturated carbocycles. The van der Waals surface area contributed by atoms with Crippen LogP contribution in [0.5, 0.6) is 0 Å². The van der Waals surface area contributed by atoms with Crippen LogP contribution in [0.4, 0.5) is 34.1 Å². The van der Waals surface area contributed by atoms with Gasteiger partial charge in [0.1, 0.15) is 0 Å². The van der Waals surface area contributed by atoms with E-state index in [4.69, 9.17) is 0 Å². The van der Waals surface area contributed by atoms with Gasteiger partial charge in [-0.1, -0.05) is 88.1 Å². The van der Waals surface area contributed by atoms with Gasteiger partial charge < -0.3 is 9.80 Å². The smallest absolute Gasteiger partial charge is 0.0991 e. The summed E-state index contributed by atoms with van der Waals surface area (Å²) in [6.45, 7) is 4.41. The standard InChI is InChI=1S/C56H50N4/c1-3-37-13-21-43(22-14-37)59(45-25-17-39(35-57)18-26-45)53-33-51(41-9-5-6-10-41)47-30-32-50-54(34-52(42-11-7-8-12-42)48-29-31-49(53)55(47)56(48)50)60(44-23-15-38(4-2)16-24-44)46-27-19-40(36-58)20-28-46/h13-34,41-42H,3-12H2,1-2H3. The van der Waals surface area contributed by atoms with E-state index in [9.17, 15) is 10.5 Å². The van der Waals surface area contributed by atoms with Crippen LogP contribution in [-0.4, -0.2) is 0 Å². The molecule has 0 N–H and O–H groups in total. The Morgan fingerprint density at radius 3 is 1.07 bits per heavy atom. The lowest BCUT2D eigenvalue weighted by molar-refractivity contribution is 0.729. The van der Waals surface area contributed by atoms with Crippen molar-refractivity contribution in [3.05, 3.63) is 167 Å². The second-order valence-corrected chi connectivity index (χ2v) is 17.0. The summed E-state index contributed by atoms with van der Waals surface area (Å²) >= 11 is 0. The Balaban J connectivity index is 1.32. The van der Waals surface area contributed by atoms with Gasteiger partial charge in [0.25, 0.3) is 0 Å². The third-order valence-corrected chi connectivity index (χ3v) is 13.7. The van der Waals surface area contributed by atoms with Crippen LogP contribution in [0.2, 0.25) is 0 Å². The van der Waals surface area contributed by atoms with Crippen LogP contribution in [0.1, 0.15) is 110 Å². The fraction of sp³-hybridized carbons (Fsp3) is 0.250. The van der Waals surface area contributed by atoms with Crippen molar-refractivity contribution in [1.82, 2.24) is 0 Å². The van der Waals surface area contributed by atoms with E-state index in [0.29, 0.717) is 23.0 Å². The predicted molar refractivity (Wildman–Crippen MR) is 250 cm³/mol. The molecule has 8 aromatic rings. The Bertz CT molecular complexity index is 2700. The van der Waals surface area contributed by atoms with E-state index in [2.05, 4.69) is 145 Å². The van der Waals surface area contributed by atoms with Crippen molar-refractivity contribution in [2.75, 3.05) is 9.80 Å². The molecule has 4 nitrogen and oxygen atoms in total. The van der Waals surface area contributed by atoms with Gasteiger partial charge in [0.15, 0.2) is 0 Å². The van der Waals surface area contributed by atoms with E-state index in [1.165, 1.54) is 117 Å². The lowest BCUT2D eigenvalue weighted by atomic mass is 9.82. The maximum absolute atomic E-state index is 9.79. The lowest BCUT2D eigenvalue weighted by Crippen LogP contribution is -2.13. The first-order valence-electron chi connectivity index (χ1n) is 22.1. The van der Waals surface area contributed by atoms with E-state index in [1.807, 2.05) is 24.3 Å². The monoisotopic (exact) mass is 778 g/mol. The van der Waals surface area contributed by atoms with Gasteiger partial charge in [-0.15, -0.1) is 0 Å². The van der Waals surface area contributed by atoms with Crippen molar-refractivity contribution in [3.63, 3.8) is 0 Å². The largest absolute Gasteiger partial charge is 0.310 e. The van der Waals surface area contributed by atoms with Crippen molar-refractivity contribution < 1.29 is 0 Å². The number of anilines is 6. The van der Waals surface area contributed by atoms with Crippen LogP contribution in [0.3, 0.4) is 0 Å². The van der Waals surface area contributed by atoms with E-state index in [0.717, 1.165) is 35.6 Å². The minimum Gasteiger partial charge on any atom is -0.310 e. The number of hydrogen-bond donors (Lipinski definition) is 0. The molecule has 0 aliphatic heterocycles. The summed E-state index contributed by atoms with van der Waals surface area (Å²) in [4.78, 5) is 4.87. The molecule has 0 bridgehead atoms. The van der Waals surface area contributed by atoms with Crippen molar-refractivity contribution in [3.8, 4) is 12.1 Å². The molecule has 294 valence electrons. The summed E-state index contributed by atoms with van der Waals surface area (Å²) in [5.41, 5.74) is 13.5. The van der Waals surface area contributed by atoms with Crippen molar-refractivity contribution in [2.24, 2.45) is 0 Å². The van der Waals surface area contributed by atoms with Gasteiger partial charge in [-0.25, -0.2) is 0 Å². The summed E-state index contributed by atoms with van der Waals surface area (Å²) in [5, 5.41) is 27.5. The van der Waals surface area contributed by atoms with Crippen LogP contribution >= 0.6 is 0 Å². The molecule has 8 aromatic carbocycles. The van der Waals surface area contributed by atoms with Gasteiger partial charge >= 0.3 is 0 Å². The summed E-state index contributed by atoms with van der Waals surface area (Å²) < 4.78 is 0. The van der Waals surface area contributed by atoms with E-state index < -0.39 is 0 Å². The zero-order chi connectivity index (χ0) is 40.7. The van der Waals surface area contributed by atoms with Crippen molar-refractivity contribution >= 4 is 66.4 Å². The van der Waals surface area contributed by atoms with Gasteiger partial charge in [0.05, 0.1) is 34.6 Å². The Kier molecular flexibility index (Phi) is 9.95. The zero-order valence-corrected chi connectivity index (χ0v) is 34.7. The molecular formula is C56H50N4. The van der Waals surface area contributed by atoms with Crippen LogP contribution in [-0.2, 0) is 12.8 Å². The third kappa shape index (κ3) is 6.52. The average Bonchev–Trinajstić information content (AvgIpc) is 4.06. The molecule has 0 unspecified atom stereocenters. The van der Waals surface area contributed by atoms with Gasteiger partial charge in [0, 0.05) is 33.5 Å². The molecule has 60 heavy (non-hydrogen) atoms. The molecule has 4 heteroatoms. The molecule has 2 aliphatic carbocycles.